The van der Waals surface area contributed by atoms with E-state index in [2.05, 4.69) is 15.3 Å². The van der Waals surface area contributed by atoms with Crippen LogP contribution in [0.5, 0.6) is 11.5 Å². The summed E-state index contributed by atoms with van der Waals surface area (Å²) in [5.74, 6) is -0.742. The first-order chi connectivity index (χ1) is 14.8. The van der Waals surface area contributed by atoms with E-state index in [1.54, 1.807) is 42.6 Å². The van der Waals surface area contributed by atoms with Gasteiger partial charge >= 0.3 is 0 Å². The molecule has 1 amide bonds. The second-order valence-corrected chi connectivity index (χ2v) is 8.62. The second-order valence-electron chi connectivity index (χ2n) is 6.71. The van der Waals surface area contributed by atoms with Crippen LogP contribution in [0, 0.1) is 5.82 Å². The first-order valence-electron chi connectivity index (χ1n) is 9.14. The molecule has 1 N–H and O–H groups in total. The van der Waals surface area contributed by atoms with Crippen molar-refractivity contribution in [3.8, 4) is 11.5 Å². The number of nitrogens with zero attached hydrogens (tertiary/aromatic N) is 3. The van der Waals surface area contributed by atoms with Gasteiger partial charge < -0.3 is 10.1 Å². The molecule has 0 saturated carbocycles. The molecular formula is C21H17FN4O4S. The number of hydrogen-bond acceptors (Lipinski definition) is 6. The number of halogens is 1. The van der Waals surface area contributed by atoms with Crippen LogP contribution in [-0.2, 0) is 16.4 Å². The van der Waals surface area contributed by atoms with Crippen molar-refractivity contribution in [1.29, 1.82) is 0 Å². The maximum Gasteiger partial charge on any atom is 0.272 e. The second kappa shape index (κ2) is 8.15. The molecule has 0 aliphatic rings. The number of carbonyl (C=O) groups is 1. The van der Waals surface area contributed by atoms with Crippen LogP contribution in [-0.4, -0.2) is 34.9 Å². The lowest BCUT2D eigenvalue weighted by Gasteiger charge is -2.09. The molecule has 3 heterocycles. The van der Waals surface area contributed by atoms with Gasteiger partial charge in [-0.05, 0) is 42.0 Å². The zero-order valence-electron chi connectivity index (χ0n) is 16.3. The summed E-state index contributed by atoms with van der Waals surface area (Å²) in [5, 5.41) is 2.42. The molecule has 0 fully saturated rings. The molecule has 0 aliphatic carbocycles. The topological polar surface area (TPSA) is 103 Å². The van der Waals surface area contributed by atoms with Crippen molar-refractivity contribution in [3.05, 3.63) is 84.2 Å². The van der Waals surface area contributed by atoms with Gasteiger partial charge in [0.1, 0.15) is 5.75 Å². The smallest absolute Gasteiger partial charge is 0.272 e. The summed E-state index contributed by atoms with van der Waals surface area (Å²) in [7, 11) is -3.64. The number of hydrogen-bond donors (Lipinski definition) is 1. The van der Waals surface area contributed by atoms with E-state index in [0.29, 0.717) is 16.8 Å². The summed E-state index contributed by atoms with van der Waals surface area (Å²) in [5.41, 5.74) is 0.820. The fourth-order valence-electron chi connectivity index (χ4n) is 2.98. The van der Waals surface area contributed by atoms with Gasteiger partial charge in [0.15, 0.2) is 17.3 Å². The SMILES string of the molecule is CS(=O)(=O)c1nc(C(=O)NCc2ccc(Oc3cccnc3)c(F)c2)c2ccccn12. The van der Waals surface area contributed by atoms with Crippen molar-refractivity contribution in [2.24, 2.45) is 0 Å². The highest BCUT2D eigenvalue weighted by Crippen LogP contribution is 2.24. The van der Waals surface area contributed by atoms with Crippen molar-refractivity contribution in [2.45, 2.75) is 11.7 Å². The standard InChI is InChI=1S/C21H17FN4O4S/c1-31(28,29)21-25-19(17-6-2-3-10-26(17)21)20(27)24-12-14-7-8-18(16(22)11-14)30-15-5-4-9-23-13-15/h2-11,13H,12H2,1H3,(H,24,27). The lowest BCUT2D eigenvalue weighted by molar-refractivity contribution is 0.0947. The van der Waals surface area contributed by atoms with E-state index in [4.69, 9.17) is 4.74 Å². The van der Waals surface area contributed by atoms with Crippen LogP contribution in [0.15, 0.2) is 72.3 Å². The van der Waals surface area contributed by atoms with E-state index in [0.717, 1.165) is 6.26 Å². The van der Waals surface area contributed by atoms with Gasteiger partial charge in [-0.15, -0.1) is 0 Å². The number of sulfone groups is 1. The summed E-state index contributed by atoms with van der Waals surface area (Å²) >= 11 is 0. The molecule has 3 aromatic heterocycles. The highest BCUT2D eigenvalue weighted by atomic mass is 32.2. The van der Waals surface area contributed by atoms with Gasteiger partial charge in [0.05, 0.1) is 11.7 Å². The minimum absolute atomic E-state index is 0.0169. The van der Waals surface area contributed by atoms with E-state index < -0.39 is 21.6 Å². The lowest BCUT2D eigenvalue weighted by Crippen LogP contribution is -2.23. The molecule has 0 radical (unpaired) electrons. The highest BCUT2D eigenvalue weighted by molar-refractivity contribution is 7.90. The number of amides is 1. The fourth-order valence-corrected chi connectivity index (χ4v) is 3.75. The third-order valence-corrected chi connectivity index (χ3v) is 5.33. The zero-order chi connectivity index (χ0) is 22.0. The molecule has 31 heavy (non-hydrogen) atoms. The molecule has 4 rings (SSSR count). The van der Waals surface area contributed by atoms with E-state index >= 15 is 0 Å². The Morgan fingerprint density at radius 3 is 2.74 bits per heavy atom. The fraction of sp³-hybridized carbons (Fsp3) is 0.0952. The Morgan fingerprint density at radius 2 is 2.03 bits per heavy atom. The minimum atomic E-state index is -3.64. The number of benzene rings is 1. The summed E-state index contributed by atoms with van der Waals surface area (Å²) < 4.78 is 45.2. The van der Waals surface area contributed by atoms with Gasteiger partial charge in [0.2, 0.25) is 15.0 Å². The first kappa shape index (κ1) is 20.5. The Hall–Kier alpha value is -3.79. The molecule has 0 saturated heterocycles. The summed E-state index contributed by atoms with van der Waals surface area (Å²) in [6, 6.07) is 12.6. The lowest BCUT2D eigenvalue weighted by atomic mass is 10.2. The first-order valence-corrected chi connectivity index (χ1v) is 11.0. The van der Waals surface area contributed by atoms with Crippen molar-refractivity contribution in [3.63, 3.8) is 0 Å². The van der Waals surface area contributed by atoms with E-state index in [1.165, 1.54) is 28.9 Å². The predicted octanol–water partition coefficient (Wildman–Crippen LogP) is 2.99. The molecule has 0 unspecified atom stereocenters. The normalized spacial score (nSPS) is 11.4. The number of rotatable bonds is 6. The number of aromatic nitrogens is 3. The average molecular weight is 440 g/mol. The van der Waals surface area contributed by atoms with Crippen LogP contribution in [0.4, 0.5) is 4.39 Å². The van der Waals surface area contributed by atoms with Crippen LogP contribution in [0.3, 0.4) is 0 Å². The zero-order valence-corrected chi connectivity index (χ0v) is 17.1. The molecule has 1 aromatic carbocycles. The molecule has 158 valence electrons. The summed E-state index contributed by atoms with van der Waals surface area (Å²) in [6.45, 7) is 0.0169. The van der Waals surface area contributed by atoms with Gasteiger partial charge in [-0.3, -0.25) is 14.2 Å². The highest BCUT2D eigenvalue weighted by Gasteiger charge is 2.22. The molecule has 10 heteroatoms. The number of imidazole rings is 1. The van der Waals surface area contributed by atoms with E-state index in [1.807, 2.05) is 0 Å². The molecule has 4 aromatic rings. The van der Waals surface area contributed by atoms with Crippen LogP contribution in [0.2, 0.25) is 0 Å². The number of carbonyl (C=O) groups excluding carboxylic acids is 1. The van der Waals surface area contributed by atoms with Crippen LogP contribution >= 0.6 is 0 Å². The summed E-state index contributed by atoms with van der Waals surface area (Å²) in [6.07, 6.45) is 5.59. The van der Waals surface area contributed by atoms with Crippen molar-refractivity contribution in [2.75, 3.05) is 6.26 Å². The third-order valence-electron chi connectivity index (χ3n) is 4.37. The predicted molar refractivity (Wildman–Crippen MR) is 110 cm³/mol. The Kier molecular flexibility index (Phi) is 5.38. The summed E-state index contributed by atoms with van der Waals surface area (Å²) in [4.78, 5) is 20.6. The maximum absolute atomic E-state index is 14.4. The molecule has 0 spiro atoms. The number of ether oxygens (including phenoxy) is 1. The van der Waals surface area contributed by atoms with Crippen molar-refractivity contribution in [1.82, 2.24) is 19.7 Å². The molecule has 0 aliphatic heterocycles. The van der Waals surface area contributed by atoms with Crippen LogP contribution in [0.25, 0.3) is 5.52 Å². The van der Waals surface area contributed by atoms with Crippen LogP contribution < -0.4 is 10.1 Å². The largest absolute Gasteiger partial charge is 0.453 e. The number of nitrogens with one attached hydrogen (secondary N) is 1. The molecular weight excluding hydrogens is 423 g/mol. The maximum atomic E-state index is 14.4. The van der Waals surface area contributed by atoms with Gasteiger partial charge in [-0.25, -0.2) is 17.8 Å². The van der Waals surface area contributed by atoms with Gasteiger partial charge in [0, 0.05) is 25.2 Å². The quantitative estimate of drug-likeness (QED) is 0.495. The number of fused-ring (bicyclic) bond motifs is 1. The Balaban J connectivity index is 1.51. The molecule has 8 nitrogen and oxygen atoms in total. The number of pyridine rings is 2. The molecule has 0 atom stereocenters. The van der Waals surface area contributed by atoms with Gasteiger partial charge in [-0.2, -0.15) is 0 Å². The van der Waals surface area contributed by atoms with E-state index in [-0.39, 0.29) is 23.1 Å². The van der Waals surface area contributed by atoms with Crippen molar-refractivity contribution < 1.29 is 22.3 Å². The monoisotopic (exact) mass is 440 g/mol. The van der Waals surface area contributed by atoms with Gasteiger partial charge in [0.25, 0.3) is 5.91 Å². The Bertz CT molecular complexity index is 1370. The molecule has 0 bridgehead atoms. The van der Waals surface area contributed by atoms with E-state index in [9.17, 15) is 17.6 Å². The average Bonchev–Trinajstić information content (AvgIpc) is 3.15. The Labute approximate surface area is 177 Å². The van der Waals surface area contributed by atoms with Crippen LogP contribution in [0.1, 0.15) is 16.1 Å². The van der Waals surface area contributed by atoms with Gasteiger partial charge in [-0.1, -0.05) is 12.1 Å². The third kappa shape index (κ3) is 4.38. The Morgan fingerprint density at radius 1 is 1.19 bits per heavy atom. The minimum Gasteiger partial charge on any atom is -0.453 e. The van der Waals surface area contributed by atoms with Crippen molar-refractivity contribution >= 4 is 21.3 Å².